The first kappa shape index (κ1) is 21.1. The van der Waals surface area contributed by atoms with E-state index in [1.54, 1.807) is 21.3 Å². The Labute approximate surface area is 179 Å². The van der Waals surface area contributed by atoms with Crippen molar-refractivity contribution in [2.45, 2.75) is 57.7 Å². The summed E-state index contributed by atoms with van der Waals surface area (Å²) in [5.41, 5.74) is 1.30. The predicted molar refractivity (Wildman–Crippen MR) is 117 cm³/mol. The van der Waals surface area contributed by atoms with Crippen molar-refractivity contribution in [1.82, 2.24) is 10.6 Å². The second kappa shape index (κ2) is 8.92. The number of guanidine groups is 1. The Balaban J connectivity index is 1.52. The van der Waals surface area contributed by atoms with Gasteiger partial charge >= 0.3 is 0 Å². The van der Waals surface area contributed by atoms with Crippen LogP contribution < -0.4 is 24.8 Å². The Bertz CT molecular complexity index is 751. The van der Waals surface area contributed by atoms with E-state index in [1.165, 1.54) is 25.7 Å². The smallest absolute Gasteiger partial charge is 0.203 e. The first-order chi connectivity index (χ1) is 14.7. The van der Waals surface area contributed by atoms with Gasteiger partial charge in [0, 0.05) is 30.5 Å². The maximum Gasteiger partial charge on any atom is 0.203 e. The molecule has 4 rings (SSSR count). The lowest BCUT2D eigenvalue weighted by Gasteiger charge is -2.57. The number of benzene rings is 1. The minimum atomic E-state index is 0.296. The van der Waals surface area contributed by atoms with Crippen LogP contribution in [0.25, 0.3) is 0 Å². The lowest BCUT2D eigenvalue weighted by molar-refractivity contribution is -0.125. The van der Waals surface area contributed by atoms with Gasteiger partial charge in [-0.3, -0.25) is 0 Å². The summed E-state index contributed by atoms with van der Waals surface area (Å²) in [6, 6.07) is 4.36. The Morgan fingerprint density at radius 1 is 1.13 bits per heavy atom. The molecule has 3 unspecified atom stereocenters. The molecule has 0 aromatic heterocycles. The highest BCUT2D eigenvalue weighted by Gasteiger charge is 2.65. The van der Waals surface area contributed by atoms with Crippen LogP contribution in [0.4, 0.5) is 0 Å². The monoisotopic (exact) mass is 417 g/mol. The third-order valence-electron chi connectivity index (χ3n) is 7.07. The van der Waals surface area contributed by atoms with Gasteiger partial charge in [0.05, 0.1) is 34.0 Å². The highest BCUT2D eigenvalue weighted by molar-refractivity contribution is 5.80. The number of rotatable bonds is 7. The molecular formula is C23H35N3O4. The number of methoxy groups -OCH3 is 3. The molecule has 30 heavy (non-hydrogen) atoms. The lowest BCUT2D eigenvalue weighted by Crippen LogP contribution is -2.69. The van der Waals surface area contributed by atoms with Crippen LogP contribution in [0.5, 0.6) is 17.2 Å². The summed E-state index contributed by atoms with van der Waals surface area (Å²) in [5.74, 6) is 3.37. The first-order valence-electron chi connectivity index (χ1n) is 11.1. The average Bonchev–Trinajstić information content (AvgIpc) is 3.43. The Morgan fingerprint density at radius 2 is 1.83 bits per heavy atom. The molecule has 2 saturated carbocycles. The number of hydrogen-bond acceptors (Lipinski definition) is 5. The molecule has 0 amide bonds. The Kier molecular flexibility index (Phi) is 6.27. The van der Waals surface area contributed by atoms with Crippen LogP contribution in [-0.2, 0) is 11.3 Å². The summed E-state index contributed by atoms with van der Waals surface area (Å²) in [6.07, 6.45) is 6.73. The highest BCUT2D eigenvalue weighted by Crippen LogP contribution is 2.60. The molecule has 1 heterocycles. The highest BCUT2D eigenvalue weighted by atomic mass is 16.5. The largest absolute Gasteiger partial charge is 0.493 e. The minimum Gasteiger partial charge on any atom is -0.493 e. The maximum absolute atomic E-state index is 6.12. The van der Waals surface area contributed by atoms with Gasteiger partial charge in [-0.05, 0) is 43.9 Å². The van der Waals surface area contributed by atoms with E-state index in [9.17, 15) is 0 Å². The molecule has 7 nitrogen and oxygen atoms in total. The third-order valence-corrected chi connectivity index (χ3v) is 7.07. The number of hydrogen-bond donors (Lipinski definition) is 2. The summed E-state index contributed by atoms with van der Waals surface area (Å²) < 4.78 is 22.5. The number of fused-ring (bicyclic) bond motifs is 2. The molecule has 3 atom stereocenters. The number of nitrogens with one attached hydrogen (secondary N) is 2. The van der Waals surface area contributed by atoms with Crippen molar-refractivity contribution >= 4 is 5.96 Å². The van der Waals surface area contributed by atoms with E-state index >= 15 is 0 Å². The van der Waals surface area contributed by atoms with Gasteiger partial charge in [-0.2, -0.15) is 0 Å². The van der Waals surface area contributed by atoms with Crippen molar-refractivity contribution in [3.8, 4) is 17.2 Å². The second-order valence-corrected chi connectivity index (χ2v) is 8.53. The van der Waals surface area contributed by atoms with E-state index in [-0.39, 0.29) is 0 Å². The van der Waals surface area contributed by atoms with Crippen molar-refractivity contribution in [1.29, 1.82) is 0 Å². The van der Waals surface area contributed by atoms with Crippen molar-refractivity contribution in [2.75, 3.05) is 34.5 Å². The Morgan fingerprint density at radius 3 is 2.43 bits per heavy atom. The fourth-order valence-electron chi connectivity index (χ4n) is 5.77. The fourth-order valence-corrected chi connectivity index (χ4v) is 5.77. The summed E-state index contributed by atoms with van der Waals surface area (Å²) >= 11 is 0. The number of aliphatic imine (C=N–C) groups is 1. The van der Waals surface area contributed by atoms with E-state index in [0.717, 1.165) is 31.1 Å². The molecule has 0 radical (unpaired) electrons. The standard InChI is InChI=1S/C23H35N3O4/c1-5-24-22(25-14-15-12-17(27-2)19(29-4)18(13-15)28-3)26-20-16-8-11-30-21(16)23(20)9-6-7-10-23/h12-13,16,20-21H,5-11,14H2,1-4H3,(H2,24,25,26). The normalized spacial score (nSPS) is 26.8. The van der Waals surface area contributed by atoms with Crippen molar-refractivity contribution in [2.24, 2.45) is 16.3 Å². The molecule has 3 fully saturated rings. The molecule has 2 N–H and O–H groups in total. The number of nitrogens with zero attached hydrogens (tertiary/aromatic N) is 1. The molecule has 7 heteroatoms. The van der Waals surface area contributed by atoms with Crippen molar-refractivity contribution < 1.29 is 18.9 Å². The zero-order valence-corrected chi connectivity index (χ0v) is 18.6. The summed E-state index contributed by atoms with van der Waals surface area (Å²) in [4.78, 5) is 4.88. The molecule has 1 saturated heterocycles. The van der Waals surface area contributed by atoms with E-state index < -0.39 is 0 Å². The molecule has 166 valence electrons. The SMILES string of the molecule is CCNC(=NCc1cc(OC)c(OC)c(OC)c1)NC1C2CCOC2C12CCCC2. The molecule has 1 aromatic carbocycles. The van der Waals surface area contributed by atoms with Crippen LogP contribution >= 0.6 is 0 Å². The van der Waals surface area contributed by atoms with Gasteiger partial charge in [-0.15, -0.1) is 0 Å². The summed E-state index contributed by atoms with van der Waals surface area (Å²) in [7, 11) is 4.88. The molecule has 0 bridgehead atoms. The quantitative estimate of drug-likeness (QED) is 0.525. The third kappa shape index (κ3) is 3.57. The molecular weight excluding hydrogens is 382 g/mol. The van der Waals surface area contributed by atoms with Gasteiger partial charge in [-0.1, -0.05) is 12.8 Å². The van der Waals surface area contributed by atoms with E-state index in [0.29, 0.717) is 47.3 Å². The van der Waals surface area contributed by atoms with Crippen LogP contribution in [0, 0.1) is 11.3 Å². The second-order valence-electron chi connectivity index (χ2n) is 8.53. The topological polar surface area (TPSA) is 73.3 Å². The summed E-state index contributed by atoms with van der Waals surface area (Å²) in [6.45, 7) is 4.35. The zero-order valence-electron chi connectivity index (χ0n) is 18.6. The van der Waals surface area contributed by atoms with Gasteiger partial charge in [0.2, 0.25) is 5.75 Å². The molecule has 1 aromatic rings. The first-order valence-corrected chi connectivity index (χ1v) is 11.1. The predicted octanol–water partition coefficient (Wildman–Crippen LogP) is 3.12. The van der Waals surface area contributed by atoms with Gasteiger partial charge in [0.15, 0.2) is 17.5 Å². The van der Waals surface area contributed by atoms with Crippen LogP contribution in [-0.4, -0.2) is 52.6 Å². The minimum absolute atomic E-state index is 0.296. The van der Waals surface area contributed by atoms with Crippen LogP contribution in [0.2, 0.25) is 0 Å². The van der Waals surface area contributed by atoms with Crippen LogP contribution in [0.1, 0.15) is 44.6 Å². The Hall–Kier alpha value is -2.15. The molecule has 1 aliphatic heterocycles. The lowest BCUT2D eigenvalue weighted by atomic mass is 9.54. The van der Waals surface area contributed by atoms with Gasteiger partial charge in [-0.25, -0.2) is 4.99 Å². The van der Waals surface area contributed by atoms with Gasteiger partial charge in [0.1, 0.15) is 0 Å². The average molecular weight is 418 g/mol. The van der Waals surface area contributed by atoms with Crippen LogP contribution in [0.3, 0.4) is 0 Å². The van der Waals surface area contributed by atoms with Crippen molar-refractivity contribution in [3.05, 3.63) is 17.7 Å². The van der Waals surface area contributed by atoms with E-state index in [2.05, 4.69) is 17.6 Å². The molecule has 1 spiro atoms. The molecule has 3 aliphatic rings. The van der Waals surface area contributed by atoms with E-state index in [4.69, 9.17) is 23.9 Å². The van der Waals surface area contributed by atoms with Crippen molar-refractivity contribution in [3.63, 3.8) is 0 Å². The molecule has 2 aliphatic carbocycles. The van der Waals surface area contributed by atoms with E-state index in [1.807, 2.05) is 12.1 Å². The van der Waals surface area contributed by atoms with Gasteiger partial charge in [0.25, 0.3) is 0 Å². The summed E-state index contributed by atoms with van der Waals surface area (Å²) in [5, 5.41) is 7.21. The fraction of sp³-hybridized carbons (Fsp3) is 0.696. The zero-order chi connectivity index (χ0) is 21.1. The van der Waals surface area contributed by atoms with Gasteiger partial charge < -0.3 is 29.6 Å². The van der Waals surface area contributed by atoms with Crippen LogP contribution in [0.15, 0.2) is 17.1 Å². The maximum atomic E-state index is 6.12. The number of ether oxygens (including phenoxy) is 4.